The Morgan fingerprint density at radius 3 is 2.60 bits per heavy atom. The second-order valence-electron chi connectivity index (χ2n) is 4.52. The molecule has 0 bridgehead atoms. The van der Waals surface area contributed by atoms with Crippen LogP contribution in [-0.2, 0) is 16.6 Å². The number of sulfonamides is 1. The first-order valence-corrected chi connectivity index (χ1v) is 8.39. The summed E-state index contributed by atoms with van der Waals surface area (Å²) in [7, 11) is -0.405. The monoisotopic (exact) mass is 311 g/mol. The van der Waals surface area contributed by atoms with E-state index in [1.807, 2.05) is 18.4 Å². The zero-order valence-electron chi connectivity index (χ0n) is 11.6. The molecule has 0 saturated heterocycles. The van der Waals surface area contributed by atoms with Gasteiger partial charge in [-0.25, -0.2) is 17.7 Å². The predicted molar refractivity (Wildman–Crippen MR) is 81.5 cm³/mol. The molecule has 1 N–H and O–H groups in total. The number of rotatable bonds is 5. The fraction of sp³-hybridized carbons (Fsp3) is 0.308. The van der Waals surface area contributed by atoms with Crippen molar-refractivity contribution in [2.24, 2.45) is 0 Å². The zero-order chi connectivity index (χ0) is 14.8. The van der Waals surface area contributed by atoms with Gasteiger partial charge in [0.05, 0.1) is 12.2 Å². The van der Waals surface area contributed by atoms with E-state index in [2.05, 4.69) is 10.3 Å². The minimum absolute atomic E-state index is 0.276. The summed E-state index contributed by atoms with van der Waals surface area (Å²) in [4.78, 5) is 4.63. The Balaban J connectivity index is 2.25. The van der Waals surface area contributed by atoms with Gasteiger partial charge >= 0.3 is 0 Å². The highest BCUT2D eigenvalue weighted by molar-refractivity contribution is 7.89. The van der Waals surface area contributed by atoms with Gasteiger partial charge in [0.2, 0.25) is 10.0 Å². The van der Waals surface area contributed by atoms with Crippen molar-refractivity contribution in [1.29, 1.82) is 0 Å². The van der Waals surface area contributed by atoms with Gasteiger partial charge in [-0.15, -0.1) is 11.3 Å². The predicted octanol–water partition coefficient (Wildman–Crippen LogP) is 2.31. The average molecular weight is 311 g/mol. The van der Waals surface area contributed by atoms with E-state index in [0.717, 1.165) is 10.7 Å². The third kappa shape index (κ3) is 3.17. The van der Waals surface area contributed by atoms with Crippen molar-refractivity contribution in [3.05, 3.63) is 40.3 Å². The minimum atomic E-state index is -3.45. The van der Waals surface area contributed by atoms with Crippen molar-refractivity contribution in [2.75, 3.05) is 19.4 Å². The van der Waals surface area contributed by atoms with Crippen molar-refractivity contribution in [1.82, 2.24) is 9.29 Å². The quantitative estimate of drug-likeness (QED) is 0.920. The Labute approximate surface area is 123 Å². The van der Waals surface area contributed by atoms with Crippen molar-refractivity contribution >= 4 is 27.0 Å². The van der Waals surface area contributed by atoms with Crippen molar-refractivity contribution in [2.45, 2.75) is 18.4 Å². The second-order valence-corrected chi connectivity index (χ2v) is 7.58. The van der Waals surface area contributed by atoms with Crippen LogP contribution in [0.2, 0.25) is 0 Å². The molecule has 0 unspecified atom stereocenters. The Kier molecular flexibility index (Phi) is 4.42. The smallest absolute Gasteiger partial charge is 0.244 e. The second kappa shape index (κ2) is 5.90. The molecule has 0 fully saturated rings. The van der Waals surface area contributed by atoms with Crippen LogP contribution in [0.4, 0.5) is 5.69 Å². The summed E-state index contributed by atoms with van der Waals surface area (Å²) in [5.74, 6) is 0. The Morgan fingerprint density at radius 1 is 1.30 bits per heavy atom. The topological polar surface area (TPSA) is 62.3 Å². The van der Waals surface area contributed by atoms with Crippen molar-refractivity contribution in [3.8, 4) is 0 Å². The number of benzene rings is 1. The van der Waals surface area contributed by atoms with Gasteiger partial charge in [0, 0.05) is 25.2 Å². The molecule has 108 valence electrons. The maximum atomic E-state index is 12.2. The van der Waals surface area contributed by atoms with Gasteiger partial charge < -0.3 is 5.32 Å². The van der Waals surface area contributed by atoms with Crippen LogP contribution in [0, 0.1) is 6.92 Å². The fourth-order valence-corrected chi connectivity index (χ4v) is 3.46. The highest BCUT2D eigenvalue weighted by atomic mass is 32.2. The maximum Gasteiger partial charge on any atom is 0.244 e. The SMILES string of the molecule is Cc1csc(CNc2ccccc2S(=O)(=O)N(C)C)n1. The van der Waals surface area contributed by atoms with Crippen LogP contribution in [0.5, 0.6) is 0 Å². The van der Waals surface area contributed by atoms with Gasteiger partial charge in [-0.2, -0.15) is 0 Å². The number of aryl methyl sites for hydroxylation is 1. The summed E-state index contributed by atoms with van der Waals surface area (Å²) in [6, 6.07) is 6.89. The molecule has 20 heavy (non-hydrogen) atoms. The number of hydrogen-bond acceptors (Lipinski definition) is 5. The third-order valence-corrected chi connectivity index (χ3v) is 5.58. The highest BCUT2D eigenvalue weighted by Crippen LogP contribution is 2.24. The standard InChI is InChI=1S/C13H17N3O2S2/c1-10-9-19-13(15-10)8-14-11-6-4-5-7-12(11)20(17,18)16(2)3/h4-7,9,14H,8H2,1-3H3. The van der Waals surface area contributed by atoms with E-state index in [4.69, 9.17) is 0 Å². The molecule has 1 aromatic carbocycles. The number of anilines is 1. The van der Waals surface area contributed by atoms with Crippen molar-refractivity contribution in [3.63, 3.8) is 0 Å². The number of hydrogen-bond donors (Lipinski definition) is 1. The highest BCUT2D eigenvalue weighted by Gasteiger charge is 2.20. The molecule has 0 aliphatic carbocycles. The number of nitrogens with one attached hydrogen (secondary N) is 1. The van der Waals surface area contributed by atoms with Crippen LogP contribution >= 0.6 is 11.3 Å². The Bertz CT molecular complexity index is 693. The summed E-state index contributed by atoms with van der Waals surface area (Å²) in [6.07, 6.45) is 0. The molecular weight excluding hydrogens is 294 g/mol. The third-order valence-electron chi connectivity index (χ3n) is 2.74. The molecule has 0 atom stereocenters. The molecule has 1 heterocycles. The van der Waals surface area contributed by atoms with Crippen LogP contribution in [0.25, 0.3) is 0 Å². The Hall–Kier alpha value is -1.44. The summed E-state index contributed by atoms with van der Waals surface area (Å²) < 4.78 is 25.7. The van der Waals surface area contributed by atoms with Crippen LogP contribution in [0.3, 0.4) is 0 Å². The van der Waals surface area contributed by atoms with E-state index in [1.54, 1.807) is 29.5 Å². The molecule has 0 saturated carbocycles. The molecule has 0 aliphatic rings. The lowest BCUT2D eigenvalue weighted by molar-refractivity contribution is 0.521. The molecule has 0 radical (unpaired) electrons. The van der Waals surface area contributed by atoms with E-state index in [1.165, 1.54) is 18.4 Å². The van der Waals surface area contributed by atoms with Crippen molar-refractivity contribution < 1.29 is 8.42 Å². The normalized spacial score (nSPS) is 11.8. The first-order chi connectivity index (χ1) is 9.41. The fourth-order valence-electron chi connectivity index (χ4n) is 1.69. The van der Waals surface area contributed by atoms with Gasteiger partial charge in [0.25, 0.3) is 0 Å². The van der Waals surface area contributed by atoms with Gasteiger partial charge in [-0.3, -0.25) is 0 Å². The van der Waals surface area contributed by atoms with Crippen LogP contribution in [0.15, 0.2) is 34.5 Å². The first kappa shape index (κ1) is 15.0. The van der Waals surface area contributed by atoms with E-state index in [-0.39, 0.29) is 4.90 Å². The maximum absolute atomic E-state index is 12.2. The summed E-state index contributed by atoms with van der Waals surface area (Å²) in [6.45, 7) is 2.45. The molecule has 5 nitrogen and oxygen atoms in total. The largest absolute Gasteiger partial charge is 0.377 e. The number of nitrogens with zero attached hydrogens (tertiary/aromatic N) is 2. The summed E-state index contributed by atoms with van der Waals surface area (Å²) in [5, 5.41) is 6.05. The van der Waals surface area contributed by atoms with Gasteiger partial charge in [-0.05, 0) is 19.1 Å². The van der Waals surface area contributed by atoms with Gasteiger partial charge in [0.1, 0.15) is 9.90 Å². The molecule has 0 aliphatic heterocycles. The minimum Gasteiger partial charge on any atom is -0.377 e. The molecule has 2 aromatic rings. The first-order valence-electron chi connectivity index (χ1n) is 6.07. The van der Waals surface area contributed by atoms with Crippen LogP contribution < -0.4 is 5.32 Å². The summed E-state index contributed by atoms with van der Waals surface area (Å²) >= 11 is 1.55. The van der Waals surface area contributed by atoms with E-state index in [0.29, 0.717) is 12.2 Å². The van der Waals surface area contributed by atoms with E-state index < -0.39 is 10.0 Å². The Morgan fingerprint density at radius 2 is 2.00 bits per heavy atom. The van der Waals surface area contributed by atoms with Crippen LogP contribution in [0.1, 0.15) is 10.7 Å². The van der Waals surface area contributed by atoms with Crippen LogP contribution in [-0.4, -0.2) is 31.8 Å². The molecule has 0 amide bonds. The van der Waals surface area contributed by atoms with E-state index >= 15 is 0 Å². The zero-order valence-corrected chi connectivity index (χ0v) is 13.3. The lowest BCUT2D eigenvalue weighted by atomic mass is 10.3. The number of para-hydroxylation sites is 1. The molecule has 2 rings (SSSR count). The molecule has 1 aromatic heterocycles. The molecule has 7 heteroatoms. The number of aromatic nitrogens is 1. The number of thiazole rings is 1. The lowest BCUT2D eigenvalue weighted by Crippen LogP contribution is -2.23. The van der Waals surface area contributed by atoms with E-state index in [9.17, 15) is 8.42 Å². The summed E-state index contributed by atoms with van der Waals surface area (Å²) in [5.41, 5.74) is 1.56. The molecule has 0 spiro atoms. The van der Waals surface area contributed by atoms with Gasteiger partial charge in [0.15, 0.2) is 0 Å². The molecular formula is C13H17N3O2S2. The van der Waals surface area contributed by atoms with Gasteiger partial charge in [-0.1, -0.05) is 12.1 Å². The lowest BCUT2D eigenvalue weighted by Gasteiger charge is -2.15. The average Bonchev–Trinajstić information content (AvgIpc) is 2.82.